The van der Waals surface area contributed by atoms with E-state index in [1.165, 1.54) is 0 Å². The van der Waals surface area contributed by atoms with Crippen LogP contribution in [0.4, 0.5) is 13.2 Å². The van der Waals surface area contributed by atoms with Crippen LogP contribution in [0.5, 0.6) is 0 Å². The lowest BCUT2D eigenvalue weighted by Gasteiger charge is -2.14. The molecule has 0 bridgehead atoms. The van der Waals surface area contributed by atoms with Gasteiger partial charge in [0.25, 0.3) is 0 Å². The Morgan fingerprint density at radius 1 is 1.30 bits per heavy atom. The maximum Gasteiger partial charge on any atom is 0.321 e. The monoisotopic (exact) mass is 311 g/mol. The normalized spacial score (nSPS) is 13.2. The average Bonchev–Trinajstić information content (AvgIpc) is 2.34. The molecular formula is C11H12F3NO4S. The Hall–Kier alpha value is -1.61. The third-order valence-electron chi connectivity index (χ3n) is 2.46. The molecule has 0 amide bonds. The molecule has 1 aromatic carbocycles. The molecule has 0 aliphatic rings. The molecule has 0 unspecified atom stereocenters. The Balaban J connectivity index is 3.17. The molecule has 0 saturated carbocycles. The van der Waals surface area contributed by atoms with E-state index < -0.39 is 44.4 Å². The molecule has 2 N–H and O–H groups in total. The van der Waals surface area contributed by atoms with Crippen molar-refractivity contribution in [2.75, 3.05) is 0 Å². The quantitative estimate of drug-likeness (QED) is 0.782. The van der Waals surface area contributed by atoms with Crippen molar-refractivity contribution < 1.29 is 31.5 Å². The van der Waals surface area contributed by atoms with Crippen molar-refractivity contribution in [1.29, 1.82) is 0 Å². The maximum absolute atomic E-state index is 13.4. The van der Waals surface area contributed by atoms with Crippen LogP contribution in [-0.2, 0) is 14.8 Å². The summed E-state index contributed by atoms with van der Waals surface area (Å²) in [5, 5.41) is 8.83. The molecule has 0 aromatic heterocycles. The standard InChI is InChI=1S/C11H12F3NO4S/c1-2-3-7(11(16)17)15-20(18,19)8-5-4-6(12)9(13)10(8)14/h4-5,7,15H,2-3H2,1H3,(H,16,17)/t7-/m0/s1. The minimum atomic E-state index is -4.61. The van der Waals surface area contributed by atoms with Gasteiger partial charge in [-0.2, -0.15) is 4.72 Å². The van der Waals surface area contributed by atoms with E-state index in [2.05, 4.69) is 0 Å². The molecule has 5 nitrogen and oxygen atoms in total. The van der Waals surface area contributed by atoms with E-state index in [1.807, 2.05) is 0 Å². The first-order valence-corrected chi connectivity index (χ1v) is 7.07. The van der Waals surface area contributed by atoms with Gasteiger partial charge in [-0.3, -0.25) is 4.79 Å². The zero-order chi connectivity index (χ0) is 15.5. The summed E-state index contributed by atoms with van der Waals surface area (Å²) in [5.74, 6) is -6.81. The molecule has 0 aliphatic carbocycles. The summed E-state index contributed by atoms with van der Waals surface area (Å²) in [6.45, 7) is 1.63. The molecule has 0 fully saturated rings. The molecule has 1 rings (SSSR count). The number of aliphatic carboxylic acids is 1. The Kier molecular flexibility index (Phi) is 5.12. The van der Waals surface area contributed by atoms with E-state index in [9.17, 15) is 26.4 Å². The van der Waals surface area contributed by atoms with Crippen molar-refractivity contribution in [3.8, 4) is 0 Å². The van der Waals surface area contributed by atoms with E-state index in [0.29, 0.717) is 18.6 Å². The van der Waals surface area contributed by atoms with Crippen LogP contribution >= 0.6 is 0 Å². The van der Waals surface area contributed by atoms with Gasteiger partial charge in [0.05, 0.1) is 0 Å². The second-order valence-corrected chi connectivity index (χ2v) is 5.66. The predicted molar refractivity (Wildman–Crippen MR) is 63.0 cm³/mol. The zero-order valence-electron chi connectivity index (χ0n) is 10.4. The predicted octanol–water partition coefficient (Wildman–Crippen LogP) is 1.64. The number of carbonyl (C=O) groups is 1. The molecule has 0 saturated heterocycles. The van der Waals surface area contributed by atoms with E-state index in [0.717, 1.165) is 0 Å². The highest BCUT2D eigenvalue weighted by Gasteiger charge is 2.29. The molecule has 20 heavy (non-hydrogen) atoms. The number of nitrogens with one attached hydrogen (secondary N) is 1. The highest BCUT2D eigenvalue weighted by atomic mass is 32.2. The van der Waals surface area contributed by atoms with Crippen molar-refractivity contribution in [2.45, 2.75) is 30.7 Å². The van der Waals surface area contributed by atoms with Crippen molar-refractivity contribution in [3.05, 3.63) is 29.6 Å². The summed E-state index contributed by atoms with van der Waals surface area (Å²) in [5.41, 5.74) is 0. The summed E-state index contributed by atoms with van der Waals surface area (Å²) in [4.78, 5) is 9.71. The van der Waals surface area contributed by atoms with Gasteiger partial charge >= 0.3 is 5.97 Å². The molecule has 1 atom stereocenters. The van der Waals surface area contributed by atoms with Gasteiger partial charge in [0, 0.05) is 0 Å². The van der Waals surface area contributed by atoms with E-state index >= 15 is 0 Å². The highest BCUT2D eigenvalue weighted by Crippen LogP contribution is 2.20. The lowest BCUT2D eigenvalue weighted by molar-refractivity contribution is -0.139. The molecule has 0 radical (unpaired) electrons. The Morgan fingerprint density at radius 2 is 1.90 bits per heavy atom. The van der Waals surface area contributed by atoms with Crippen LogP contribution in [-0.4, -0.2) is 25.5 Å². The fourth-order valence-electron chi connectivity index (χ4n) is 1.49. The van der Waals surface area contributed by atoms with Crippen LogP contribution < -0.4 is 4.72 Å². The van der Waals surface area contributed by atoms with Crippen LogP contribution in [0, 0.1) is 17.5 Å². The van der Waals surface area contributed by atoms with Gasteiger partial charge in [0.1, 0.15) is 10.9 Å². The Bertz CT molecular complexity index is 618. The molecule has 0 spiro atoms. The first kappa shape index (κ1) is 16.4. The first-order valence-electron chi connectivity index (χ1n) is 5.59. The van der Waals surface area contributed by atoms with Gasteiger partial charge < -0.3 is 5.11 Å². The van der Waals surface area contributed by atoms with Crippen molar-refractivity contribution in [3.63, 3.8) is 0 Å². The third-order valence-corrected chi connectivity index (χ3v) is 3.95. The third kappa shape index (κ3) is 3.48. The Labute approximate surface area is 113 Å². The number of hydrogen-bond acceptors (Lipinski definition) is 3. The minimum absolute atomic E-state index is 0.0279. The van der Waals surface area contributed by atoms with E-state index in [-0.39, 0.29) is 6.42 Å². The fourth-order valence-corrected chi connectivity index (χ4v) is 2.78. The molecule has 112 valence electrons. The summed E-state index contributed by atoms with van der Waals surface area (Å²) in [6.07, 6.45) is 0.333. The fraction of sp³-hybridized carbons (Fsp3) is 0.364. The SMILES string of the molecule is CCC[C@H](NS(=O)(=O)c1ccc(F)c(F)c1F)C(=O)O. The van der Waals surface area contributed by atoms with E-state index in [4.69, 9.17) is 5.11 Å². The van der Waals surface area contributed by atoms with Gasteiger partial charge in [0.2, 0.25) is 10.0 Å². The second kappa shape index (κ2) is 6.23. The smallest absolute Gasteiger partial charge is 0.321 e. The number of carboxylic acid groups (broad SMARTS) is 1. The molecular weight excluding hydrogens is 299 g/mol. The van der Waals surface area contributed by atoms with Gasteiger partial charge in [0.15, 0.2) is 17.5 Å². The number of benzene rings is 1. The Morgan fingerprint density at radius 3 is 2.40 bits per heavy atom. The summed E-state index contributed by atoms with van der Waals surface area (Å²) in [7, 11) is -4.61. The van der Waals surface area contributed by atoms with Crippen LogP contribution in [0.3, 0.4) is 0 Å². The molecule has 1 aromatic rings. The zero-order valence-corrected chi connectivity index (χ0v) is 11.2. The second-order valence-electron chi connectivity index (χ2n) is 3.97. The number of carboxylic acids is 1. The van der Waals surface area contributed by atoms with Crippen LogP contribution in [0.1, 0.15) is 19.8 Å². The maximum atomic E-state index is 13.4. The van der Waals surface area contributed by atoms with Crippen molar-refractivity contribution in [1.82, 2.24) is 4.72 Å². The molecule has 0 aliphatic heterocycles. The summed E-state index contributed by atoms with van der Waals surface area (Å²) < 4.78 is 64.5. The lowest BCUT2D eigenvalue weighted by Crippen LogP contribution is -2.40. The van der Waals surface area contributed by atoms with Crippen LogP contribution in [0.2, 0.25) is 0 Å². The average molecular weight is 311 g/mol. The van der Waals surface area contributed by atoms with Gasteiger partial charge in [-0.15, -0.1) is 0 Å². The van der Waals surface area contributed by atoms with Gasteiger partial charge in [-0.25, -0.2) is 21.6 Å². The molecule has 9 heteroatoms. The van der Waals surface area contributed by atoms with Crippen LogP contribution in [0.15, 0.2) is 17.0 Å². The van der Waals surface area contributed by atoms with Crippen molar-refractivity contribution >= 4 is 16.0 Å². The van der Waals surface area contributed by atoms with Crippen LogP contribution in [0.25, 0.3) is 0 Å². The largest absolute Gasteiger partial charge is 0.480 e. The van der Waals surface area contributed by atoms with Gasteiger partial charge in [-0.05, 0) is 18.6 Å². The minimum Gasteiger partial charge on any atom is -0.480 e. The topological polar surface area (TPSA) is 83.5 Å². The van der Waals surface area contributed by atoms with Crippen molar-refractivity contribution in [2.24, 2.45) is 0 Å². The van der Waals surface area contributed by atoms with Gasteiger partial charge in [-0.1, -0.05) is 13.3 Å². The number of hydrogen-bond donors (Lipinski definition) is 2. The summed E-state index contributed by atoms with van der Waals surface area (Å²) in [6, 6.07) is -0.499. The highest BCUT2D eigenvalue weighted by molar-refractivity contribution is 7.89. The first-order chi connectivity index (χ1) is 9.20. The summed E-state index contributed by atoms with van der Waals surface area (Å²) >= 11 is 0. The lowest BCUT2D eigenvalue weighted by atomic mass is 10.2. The number of halogens is 3. The van der Waals surface area contributed by atoms with E-state index in [1.54, 1.807) is 11.6 Å². The number of rotatable bonds is 6. The number of sulfonamides is 1. The molecule has 0 heterocycles.